The number of methoxy groups -OCH3 is 1. The summed E-state index contributed by atoms with van der Waals surface area (Å²) in [6.45, 7) is 4.17. The Labute approximate surface area is 160 Å². The van der Waals surface area contributed by atoms with Gasteiger partial charge in [-0.3, -0.25) is 14.5 Å². The number of likely N-dealkylation sites (tertiary alicyclic amines) is 1. The minimum atomic E-state index is -0.970. The Kier molecular flexibility index (Phi) is 8.91. The Balaban J connectivity index is 1.85. The van der Waals surface area contributed by atoms with E-state index >= 15 is 0 Å². The van der Waals surface area contributed by atoms with Gasteiger partial charge in [-0.05, 0) is 44.0 Å². The number of nitrogens with one attached hydrogen (secondary N) is 1. The van der Waals surface area contributed by atoms with Crippen molar-refractivity contribution < 1.29 is 24.2 Å². The van der Waals surface area contributed by atoms with Gasteiger partial charge in [0.1, 0.15) is 6.61 Å². The molecule has 0 atom stereocenters. The molecule has 1 aromatic rings. The molecule has 2 N–H and O–H groups in total. The van der Waals surface area contributed by atoms with Crippen molar-refractivity contribution in [3.63, 3.8) is 0 Å². The molecular weight excluding hydrogens is 348 g/mol. The summed E-state index contributed by atoms with van der Waals surface area (Å²) < 4.78 is 11.5. The molecule has 1 aliphatic rings. The van der Waals surface area contributed by atoms with E-state index < -0.39 is 5.97 Å². The SMILES string of the molecule is COc1cccc(CCNC(=O)CCC(=O)O)c1OCCN1CCCCC1. The maximum atomic E-state index is 11.7. The fourth-order valence-corrected chi connectivity index (χ4v) is 3.19. The van der Waals surface area contributed by atoms with Crippen molar-refractivity contribution in [2.24, 2.45) is 0 Å². The molecule has 1 aromatic carbocycles. The number of nitrogens with zero attached hydrogens (tertiary/aromatic N) is 1. The third-order valence-corrected chi connectivity index (χ3v) is 4.67. The molecule has 2 rings (SSSR count). The molecule has 7 heteroatoms. The Morgan fingerprint density at radius 3 is 2.67 bits per heavy atom. The number of aliphatic carboxylic acids is 1. The molecule has 0 unspecified atom stereocenters. The van der Waals surface area contributed by atoms with Gasteiger partial charge in [0.15, 0.2) is 11.5 Å². The zero-order chi connectivity index (χ0) is 19.5. The average Bonchev–Trinajstić information content (AvgIpc) is 2.68. The fourth-order valence-electron chi connectivity index (χ4n) is 3.19. The predicted octanol–water partition coefficient (Wildman–Crippen LogP) is 2.08. The maximum Gasteiger partial charge on any atom is 0.303 e. The molecule has 1 aliphatic heterocycles. The van der Waals surface area contributed by atoms with Crippen molar-refractivity contribution >= 4 is 11.9 Å². The lowest BCUT2D eigenvalue weighted by molar-refractivity contribution is -0.138. The van der Waals surface area contributed by atoms with Crippen LogP contribution in [0.4, 0.5) is 0 Å². The monoisotopic (exact) mass is 378 g/mol. The van der Waals surface area contributed by atoms with Crippen LogP contribution in [0.2, 0.25) is 0 Å². The number of piperidine rings is 1. The first-order valence-electron chi connectivity index (χ1n) is 9.59. The van der Waals surface area contributed by atoms with E-state index in [0.29, 0.717) is 25.3 Å². The van der Waals surface area contributed by atoms with E-state index in [4.69, 9.17) is 14.6 Å². The second kappa shape index (κ2) is 11.4. The lowest BCUT2D eigenvalue weighted by Crippen LogP contribution is -2.33. The molecule has 150 valence electrons. The lowest BCUT2D eigenvalue weighted by Gasteiger charge is -2.26. The highest BCUT2D eigenvalue weighted by atomic mass is 16.5. The number of carbonyl (C=O) groups is 2. The summed E-state index contributed by atoms with van der Waals surface area (Å²) in [6, 6.07) is 5.73. The first-order valence-corrected chi connectivity index (χ1v) is 9.59. The number of carbonyl (C=O) groups excluding carboxylic acids is 1. The van der Waals surface area contributed by atoms with E-state index in [1.54, 1.807) is 7.11 Å². The van der Waals surface area contributed by atoms with Crippen LogP contribution >= 0.6 is 0 Å². The van der Waals surface area contributed by atoms with Crippen molar-refractivity contribution in [3.05, 3.63) is 23.8 Å². The normalized spacial score (nSPS) is 14.6. The number of carboxylic acid groups (broad SMARTS) is 1. The molecule has 27 heavy (non-hydrogen) atoms. The minimum Gasteiger partial charge on any atom is -0.493 e. The number of para-hydroxylation sites is 1. The summed E-state index contributed by atoms with van der Waals surface area (Å²) in [5.41, 5.74) is 0.964. The summed E-state index contributed by atoms with van der Waals surface area (Å²) in [6.07, 6.45) is 4.24. The summed E-state index contributed by atoms with van der Waals surface area (Å²) >= 11 is 0. The van der Waals surface area contributed by atoms with Gasteiger partial charge < -0.3 is 19.9 Å². The molecular formula is C20H30N2O5. The topological polar surface area (TPSA) is 88.1 Å². The van der Waals surface area contributed by atoms with Crippen molar-refractivity contribution in [1.29, 1.82) is 0 Å². The van der Waals surface area contributed by atoms with Gasteiger partial charge >= 0.3 is 5.97 Å². The number of ether oxygens (including phenoxy) is 2. The van der Waals surface area contributed by atoms with E-state index in [1.807, 2.05) is 18.2 Å². The summed E-state index contributed by atoms with van der Waals surface area (Å²) in [5.74, 6) is 0.176. The number of benzene rings is 1. The quantitative estimate of drug-likeness (QED) is 0.613. The summed E-state index contributed by atoms with van der Waals surface area (Å²) in [5, 5.41) is 11.4. The lowest BCUT2D eigenvalue weighted by atomic mass is 10.1. The smallest absolute Gasteiger partial charge is 0.303 e. The molecule has 0 aliphatic carbocycles. The van der Waals surface area contributed by atoms with E-state index in [0.717, 1.165) is 30.9 Å². The van der Waals surface area contributed by atoms with E-state index in [9.17, 15) is 9.59 Å². The maximum absolute atomic E-state index is 11.7. The van der Waals surface area contributed by atoms with Crippen LogP contribution in [0.25, 0.3) is 0 Å². The van der Waals surface area contributed by atoms with Gasteiger partial charge in [-0.25, -0.2) is 0 Å². The number of rotatable bonds is 11. The van der Waals surface area contributed by atoms with E-state index in [-0.39, 0.29) is 18.7 Å². The second-order valence-electron chi connectivity index (χ2n) is 6.69. The van der Waals surface area contributed by atoms with Crippen molar-refractivity contribution in [2.45, 2.75) is 38.5 Å². The van der Waals surface area contributed by atoms with Crippen LogP contribution in [0.1, 0.15) is 37.7 Å². The van der Waals surface area contributed by atoms with Gasteiger partial charge in [0.2, 0.25) is 5.91 Å². The summed E-state index contributed by atoms with van der Waals surface area (Å²) in [4.78, 5) is 24.6. The van der Waals surface area contributed by atoms with Gasteiger partial charge in [0, 0.05) is 19.5 Å². The molecule has 7 nitrogen and oxygen atoms in total. The molecule has 0 radical (unpaired) electrons. The molecule has 1 fully saturated rings. The third-order valence-electron chi connectivity index (χ3n) is 4.67. The molecule has 0 bridgehead atoms. The molecule has 1 saturated heterocycles. The van der Waals surface area contributed by atoms with Crippen LogP contribution in [0.3, 0.4) is 0 Å². The van der Waals surface area contributed by atoms with Gasteiger partial charge in [-0.2, -0.15) is 0 Å². The Bertz CT molecular complexity index is 614. The van der Waals surface area contributed by atoms with Crippen LogP contribution in [0.5, 0.6) is 11.5 Å². The van der Waals surface area contributed by atoms with Crippen molar-refractivity contribution in [1.82, 2.24) is 10.2 Å². The second-order valence-corrected chi connectivity index (χ2v) is 6.69. The number of amides is 1. The highest BCUT2D eigenvalue weighted by Crippen LogP contribution is 2.31. The molecule has 0 spiro atoms. The van der Waals surface area contributed by atoms with Crippen molar-refractivity contribution in [2.75, 3.05) is 39.9 Å². The van der Waals surface area contributed by atoms with Crippen LogP contribution in [0.15, 0.2) is 18.2 Å². The Morgan fingerprint density at radius 2 is 1.96 bits per heavy atom. The number of hydrogen-bond donors (Lipinski definition) is 2. The zero-order valence-electron chi connectivity index (χ0n) is 16.0. The van der Waals surface area contributed by atoms with Crippen LogP contribution in [-0.4, -0.2) is 61.8 Å². The zero-order valence-corrected chi connectivity index (χ0v) is 16.0. The molecule has 1 amide bonds. The highest BCUT2D eigenvalue weighted by molar-refractivity contribution is 5.80. The Hall–Kier alpha value is -2.28. The Morgan fingerprint density at radius 1 is 1.19 bits per heavy atom. The first-order chi connectivity index (χ1) is 13.1. The largest absolute Gasteiger partial charge is 0.493 e. The molecule has 0 saturated carbocycles. The third kappa shape index (κ3) is 7.46. The van der Waals surface area contributed by atoms with Crippen LogP contribution in [0, 0.1) is 0 Å². The van der Waals surface area contributed by atoms with Crippen LogP contribution < -0.4 is 14.8 Å². The summed E-state index contributed by atoms with van der Waals surface area (Å²) in [7, 11) is 1.62. The molecule has 0 aromatic heterocycles. The van der Waals surface area contributed by atoms with Crippen molar-refractivity contribution in [3.8, 4) is 11.5 Å². The van der Waals surface area contributed by atoms with E-state index in [2.05, 4.69) is 10.2 Å². The van der Waals surface area contributed by atoms with Gasteiger partial charge in [0.25, 0.3) is 0 Å². The van der Waals surface area contributed by atoms with Gasteiger partial charge in [-0.1, -0.05) is 18.6 Å². The minimum absolute atomic E-state index is 0.00731. The predicted molar refractivity (Wildman–Crippen MR) is 102 cm³/mol. The number of hydrogen-bond acceptors (Lipinski definition) is 5. The van der Waals surface area contributed by atoms with Gasteiger partial charge in [0.05, 0.1) is 13.5 Å². The standard InChI is InChI=1S/C20H30N2O5/c1-26-17-7-5-6-16(10-11-21-18(23)8-9-19(24)25)20(17)27-15-14-22-12-3-2-4-13-22/h5-7H,2-4,8-15H2,1H3,(H,21,23)(H,24,25). The van der Waals surface area contributed by atoms with Crippen LogP contribution in [-0.2, 0) is 16.0 Å². The average molecular weight is 378 g/mol. The first kappa shape index (κ1) is 21.0. The number of carboxylic acids is 1. The highest BCUT2D eigenvalue weighted by Gasteiger charge is 2.14. The fraction of sp³-hybridized carbons (Fsp3) is 0.600. The molecule has 1 heterocycles. The van der Waals surface area contributed by atoms with E-state index in [1.165, 1.54) is 19.3 Å². The van der Waals surface area contributed by atoms with Gasteiger partial charge in [-0.15, -0.1) is 0 Å².